The molecule has 2 atom stereocenters. The number of rotatable bonds is 6. The molecule has 0 aliphatic carbocycles. The summed E-state index contributed by atoms with van der Waals surface area (Å²) < 4.78 is 5.60. The van der Waals surface area contributed by atoms with Gasteiger partial charge in [0.2, 0.25) is 5.91 Å². The van der Waals surface area contributed by atoms with E-state index in [1.165, 1.54) is 0 Å². The molecule has 4 heteroatoms. The highest BCUT2D eigenvalue weighted by Gasteiger charge is 2.36. The maximum absolute atomic E-state index is 12.2. The Hall–Kier alpha value is -1.39. The van der Waals surface area contributed by atoms with Crippen LogP contribution in [0.3, 0.4) is 0 Å². The van der Waals surface area contributed by atoms with E-state index in [9.17, 15) is 4.79 Å². The molecule has 1 aromatic rings. The molecule has 1 amide bonds. The largest absolute Gasteiger partial charge is 0.379 e. The molecule has 2 unspecified atom stereocenters. The summed E-state index contributed by atoms with van der Waals surface area (Å²) in [4.78, 5) is 14.1. The second-order valence-electron chi connectivity index (χ2n) is 5.70. The quantitative estimate of drug-likeness (QED) is 0.810. The summed E-state index contributed by atoms with van der Waals surface area (Å²) in [5, 5.41) is 3.34. The number of carbonyl (C=O) groups is 1. The number of hydrogen-bond donors (Lipinski definition) is 1. The van der Waals surface area contributed by atoms with Gasteiger partial charge in [-0.15, -0.1) is 0 Å². The minimum absolute atomic E-state index is 0.0404. The molecule has 20 heavy (non-hydrogen) atoms. The molecule has 4 nitrogen and oxygen atoms in total. The van der Waals surface area contributed by atoms with Crippen molar-refractivity contribution < 1.29 is 9.53 Å². The van der Waals surface area contributed by atoms with Crippen molar-refractivity contribution in [3.05, 3.63) is 35.9 Å². The smallest absolute Gasteiger partial charge is 0.241 e. The lowest BCUT2D eigenvalue weighted by Crippen LogP contribution is -2.33. The van der Waals surface area contributed by atoms with Gasteiger partial charge in [0.05, 0.1) is 12.6 Å². The van der Waals surface area contributed by atoms with Crippen LogP contribution in [-0.4, -0.2) is 36.6 Å². The Kier molecular flexibility index (Phi) is 5.15. The van der Waals surface area contributed by atoms with Gasteiger partial charge in [-0.3, -0.25) is 10.1 Å². The predicted molar refractivity (Wildman–Crippen MR) is 79.2 cm³/mol. The maximum Gasteiger partial charge on any atom is 0.241 e. The van der Waals surface area contributed by atoms with E-state index in [1.807, 2.05) is 42.2 Å². The van der Waals surface area contributed by atoms with Gasteiger partial charge in [-0.1, -0.05) is 44.2 Å². The van der Waals surface area contributed by atoms with Gasteiger partial charge < -0.3 is 9.64 Å². The molecule has 1 N–H and O–H groups in total. The average molecular weight is 276 g/mol. The number of hydrogen-bond acceptors (Lipinski definition) is 3. The van der Waals surface area contributed by atoms with Gasteiger partial charge in [-0.05, 0) is 18.4 Å². The van der Waals surface area contributed by atoms with Crippen LogP contribution >= 0.6 is 0 Å². The molecule has 110 valence electrons. The van der Waals surface area contributed by atoms with Crippen molar-refractivity contribution in [3.8, 4) is 0 Å². The van der Waals surface area contributed by atoms with Crippen LogP contribution in [-0.2, 0) is 9.53 Å². The van der Waals surface area contributed by atoms with Gasteiger partial charge in [-0.2, -0.15) is 0 Å². The highest BCUT2D eigenvalue weighted by Crippen LogP contribution is 2.24. The molecule has 2 rings (SSSR count). The molecule has 0 radical (unpaired) electrons. The van der Waals surface area contributed by atoms with Crippen molar-refractivity contribution in [3.63, 3.8) is 0 Å². The zero-order valence-corrected chi connectivity index (χ0v) is 12.5. The van der Waals surface area contributed by atoms with Crippen molar-refractivity contribution in [2.24, 2.45) is 5.92 Å². The average Bonchev–Trinajstić information content (AvgIpc) is 2.72. The summed E-state index contributed by atoms with van der Waals surface area (Å²) in [6.07, 6.45) is -0.0404. The van der Waals surface area contributed by atoms with Gasteiger partial charge in [0.15, 0.2) is 0 Å². The third-order valence-corrected chi connectivity index (χ3v) is 3.42. The van der Waals surface area contributed by atoms with Crippen molar-refractivity contribution in [1.82, 2.24) is 10.2 Å². The van der Waals surface area contributed by atoms with E-state index in [2.05, 4.69) is 19.2 Å². The fourth-order valence-electron chi connectivity index (χ4n) is 2.41. The van der Waals surface area contributed by atoms with Crippen LogP contribution in [0.15, 0.2) is 30.3 Å². The number of amides is 1. The van der Waals surface area contributed by atoms with E-state index in [-0.39, 0.29) is 18.1 Å². The maximum atomic E-state index is 12.2. The second-order valence-corrected chi connectivity index (χ2v) is 5.70. The van der Waals surface area contributed by atoms with Gasteiger partial charge in [0.1, 0.15) is 6.17 Å². The molecule has 1 heterocycles. The Morgan fingerprint density at radius 2 is 2.00 bits per heavy atom. The van der Waals surface area contributed by atoms with Crippen LogP contribution in [0.2, 0.25) is 0 Å². The second kappa shape index (κ2) is 6.86. The summed E-state index contributed by atoms with van der Waals surface area (Å²) in [6, 6.07) is 9.94. The molecular weight excluding hydrogens is 252 g/mol. The van der Waals surface area contributed by atoms with E-state index >= 15 is 0 Å². The first kappa shape index (κ1) is 15.0. The molecule has 1 fully saturated rings. The summed E-state index contributed by atoms with van der Waals surface area (Å²) >= 11 is 0. The van der Waals surface area contributed by atoms with Gasteiger partial charge in [0.25, 0.3) is 0 Å². The lowest BCUT2D eigenvalue weighted by molar-refractivity contribution is -0.130. The van der Waals surface area contributed by atoms with Crippen LogP contribution in [0.4, 0.5) is 0 Å². The Bertz CT molecular complexity index is 433. The number of nitrogens with zero attached hydrogens (tertiary/aromatic N) is 1. The SMILES string of the molecule is CC(C)COCCN1C(=O)C(C)NC1c1ccccc1. The fourth-order valence-corrected chi connectivity index (χ4v) is 2.41. The Morgan fingerprint density at radius 1 is 1.30 bits per heavy atom. The molecule has 0 spiro atoms. The van der Waals surface area contributed by atoms with Crippen LogP contribution < -0.4 is 5.32 Å². The molecule has 1 aliphatic rings. The van der Waals surface area contributed by atoms with Gasteiger partial charge in [-0.25, -0.2) is 0 Å². The standard InChI is InChI=1S/C16H24N2O2/c1-12(2)11-20-10-9-18-15(17-13(3)16(18)19)14-7-5-4-6-8-14/h4-8,12-13,15,17H,9-11H2,1-3H3. The third-order valence-electron chi connectivity index (χ3n) is 3.42. The molecule has 0 bridgehead atoms. The summed E-state index contributed by atoms with van der Waals surface area (Å²) in [6.45, 7) is 8.10. The first-order chi connectivity index (χ1) is 9.59. The fraction of sp³-hybridized carbons (Fsp3) is 0.562. The first-order valence-electron chi connectivity index (χ1n) is 7.29. The van der Waals surface area contributed by atoms with E-state index < -0.39 is 0 Å². The number of nitrogens with one attached hydrogen (secondary N) is 1. The number of benzene rings is 1. The zero-order valence-electron chi connectivity index (χ0n) is 12.5. The lowest BCUT2D eigenvalue weighted by Gasteiger charge is -2.24. The van der Waals surface area contributed by atoms with Gasteiger partial charge >= 0.3 is 0 Å². The molecule has 1 aliphatic heterocycles. The molecule has 1 saturated heterocycles. The van der Waals surface area contributed by atoms with Crippen molar-refractivity contribution in [1.29, 1.82) is 0 Å². The van der Waals surface area contributed by atoms with Crippen molar-refractivity contribution in [2.45, 2.75) is 33.0 Å². The summed E-state index contributed by atoms with van der Waals surface area (Å²) in [7, 11) is 0. The Labute approximate surface area is 121 Å². The molecule has 0 aromatic heterocycles. The normalized spacial score (nSPS) is 22.8. The predicted octanol–water partition coefficient (Wildman–Crippen LogP) is 2.18. The van der Waals surface area contributed by atoms with Crippen LogP contribution in [0.1, 0.15) is 32.5 Å². The van der Waals surface area contributed by atoms with E-state index in [4.69, 9.17) is 4.74 Å². The minimum atomic E-state index is -0.134. The molecule has 1 aromatic carbocycles. The van der Waals surface area contributed by atoms with E-state index in [0.29, 0.717) is 19.1 Å². The summed E-state index contributed by atoms with van der Waals surface area (Å²) in [5.41, 5.74) is 1.12. The third kappa shape index (κ3) is 3.58. The first-order valence-corrected chi connectivity index (χ1v) is 7.29. The van der Waals surface area contributed by atoms with Crippen LogP contribution in [0, 0.1) is 5.92 Å². The Balaban J connectivity index is 1.98. The van der Waals surface area contributed by atoms with E-state index in [1.54, 1.807) is 0 Å². The molecule has 0 saturated carbocycles. The number of ether oxygens (including phenoxy) is 1. The molecular formula is C16H24N2O2. The highest BCUT2D eigenvalue weighted by atomic mass is 16.5. The minimum Gasteiger partial charge on any atom is -0.379 e. The topological polar surface area (TPSA) is 41.6 Å². The monoisotopic (exact) mass is 276 g/mol. The lowest BCUT2D eigenvalue weighted by atomic mass is 10.1. The van der Waals surface area contributed by atoms with Crippen molar-refractivity contribution in [2.75, 3.05) is 19.8 Å². The number of carbonyl (C=O) groups excluding carboxylic acids is 1. The Morgan fingerprint density at radius 3 is 2.65 bits per heavy atom. The van der Waals surface area contributed by atoms with Crippen LogP contribution in [0.5, 0.6) is 0 Å². The van der Waals surface area contributed by atoms with E-state index in [0.717, 1.165) is 12.2 Å². The highest BCUT2D eigenvalue weighted by molar-refractivity contribution is 5.84. The van der Waals surface area contributed by atoms with Gasteiger partial charge in [0, 0.05) is 13.2 Å². The zero-order chi connectivity index (χ0) is 14.5. The van der Waals surface area contributed by atoms with Crippen LogP contribution in [0.25, 0.3) is 0 Å². The van der Waals surface area contributed by atoms with Crippen molar-refractivity contribution >= 4 is 5.91 Å². The summed E-state index contributed by atoms with van der Waals surface area (Å²) in [5.74, 6) is 0.665.